The monoisotopic (exact) mass is 432 g/mol. The fourth-order valence-electron chi connectivity index (χ4n) is 4.00. The van der Waals surface area contributed by atoms with E-state index in [2.05, 4.69) is 49.1 Å². The first kappa shape index (κ1) is 20.3. The summed E-state index contributed by atoms with van der Waals surface area (Å²) in [4.78, 5) is 13.7. The minimum atomic E-state index is 0.0189. The van der Waals surface area contributed by atoms with Crippen LogP contribution in [0.3, 0.4) is 0 Å². The zero-order valence-electron chi connectivity index (χ0n) is 18.0. The number of morpholine rings is 1. The van der Waals surface area contributed by atoms with E-state index in [1.807, 2.05) is 36.0 Å². The normalized spacial score (nSPS) is 19.9. The maximum Gasteiger partial charge on any atom is 0.161 e. The Balaban J connectivity index is 1.55. The van der Waals surface area contributed by atoms with Gasteiger partial charge in [0.1, 0.15) is 5.82 Å². The molecule has 1 unspecified atom stereocenters. The highest BCUT2D eigenvalue weighted by molar-refractivity contribution is 8.00. The summed E-state index contributed by atoms with van der Waals surface area (Å²) in [5.74, 6) is 1.75. The van der Waals surface area contributed by atoms with Gasteiger partial charge in [-0.15, -0.1) is 11.8 Å². The maximum absolute atomic E-state index is 5.91. The van der Waals surface area contributed by atoms with Gasteiger partial charge in [0, 0.05) is 28.8 Å². The van der Waals surface area contributed by atoms with Crippen molar-refractivity contribution < 1.29 is 4.74 Å². The molecule has 2 aromatic carbocycles. The molecule has 1 aromatic heterocycles. The summed E-state index contributed by atoms with van der Waals surface area (Å²) in [6.45, 7) is 6.61. The molecule has 1 saturated carbocycles. The lowest BCUT2D eigenvalue weighted by Gasteiger charge is -2.34. The second kappa shape index (κ2) is 8.17. The molecule has 2 N–H and O–H groups in total. The molecule has 1 atom stereocenters. The van der Waals surface area contributed by atoms with E-state index in [4.69, 9.17) is 20.4 Å². The zero-order valence-corrected chi connectivity index (χ0v) is 18.9. The van der Waals surface area contributed by atoms with E-state index in [1.165, 1.54) is 10.5 Å². The Morgan fingerprint density at radius 1 is 1.06 bits per heavy atom. The van der Waals surface area contributed by atoms with E-state index in [0.717, 1.165) is 61.2 Å². The van der Waals surface area contributed by atoms with Crippen molar-refractivity contribution in [2.45, 2.75) is 42.4 Å². The third-order valence-electron chi connectivity index (χ3n) is 6.05. The number of benzene rings is 2. The summed E-state index contributed by atoms with van der Waals surface area (Å²) in [6, 6.07) is 19.1. The van der Waals surface area contributed by atoms with E-state index in [0.29, 0.717) is 0 Å². The molecule has 1 aliphatic carbocycles. The second-order valence-electron chi connectivity index (χ2n) is 8.58. The Kier molecular flexibility index (Phi) is 5.36. The SMILES string of the molecule is Cc1ccc(SC2(c3cc(N4CCOCC4C)nc(-c4ccc(N)cc4)n3)CC2)cc1. The fraction of sp³-hybridized carbons (Fsp3) is 0.360. The second-order valence-corrected chi connectivity index (χ2v) is 10.0. The van der Waals surface area contributed by atoms with Crippen molar-refractivity contribution in [1.82, 2.24) is 9.97 Å². The summed E-state index contributed by atoms with van der Waals surface area (Å²) in [5, 5.41) is 0. The number of nitrogens with two attached hydrogens (primary N) is 1. The van der Waals surface area contributed by atoms with Crippen LogP contribution in [0.1, 0.15) is 31.0 Å². The minimum Gasteiger partial charge on any atom is -0.399 e. The molecule has 5 nitrogen and oxygen atoms in total. The van der Waals surface area contributed by atoms with Crippen molar-refractivity contribution in [3.05, 3.63) is 65.9 Å². The van der Waals surface area contributed by atoms with Gasteiger partial charge >= 0.3 is 0 Å². The van der Waals surface area contributed by atoms with Crippen LogP contribution in [0.5, 0.6) is 0 Å². The molecule has 31 heavy (non-hydrogen) atoms. The summed E-state index contributed by atoms with van der Waals surface area (Å²) < 4.78 is 5.68. The third-order valence-corrected chi connectivity index (χ3v) is 7.56. The van der Waals surface area contributed by atoms with Crippen LogP contribution < -0.4 is 10.6 Å². The third kappa shape index (κ3) is 4.27. The first-order chi connectivity index (χ1) is 15.0. The van der Waals surface area contributed by atoms with Crippen LogP contribution in [0.2, 0.25) is 0 Å². The minimum absolute atomic E-state index is 0.0189. The number of nitrogen functional groups attached to an aromatic ring is 1. The highest BCUT2D eigenvalue weighted by Gasteiger charge is 2.47. The first-order valence-electron chi connectivity index (χ1n) is 10.9. The number of hydrogen-bond acceptors (Lipinski definition) is 6. The molecule has 1 aliphatic heterocycles. The number of aromatic nitrogens is 2. The largest absolute Gasteiger partial charge is 0.399 e. The molecular weight excluding hydrogens is 404 g/mol. The standard InChI is InChI=1S/C25H28N4OS/c1-17-3-9-21(10-4-17)31-25(11-12-25)22-15-23(29-13-14-30-16-18(29)2)28-24(27-22)19-5-7-20(26)8-6-19/h3-10,15,18H,11-14,16,26H2,1-2H3. The molecule has 5 rings (SSSR count). The van der Waals surface area contributed by atoms with Crippen molar-refractivity contribution in [2.24, 2.45) is 0 Å². The number of anilines is 2. The quantitative estimate of drug-likeness (QED) is 0.570. The van der Waals surface area contributed by atoms with Crippen LogP contribution in [-0.4, -0.2) is 35.8 Å². The molecule has 0 spiro atoms. The molecule has 2 fully saturated rings. The molecule has 0 bridgehead atoms. The van der Waals surface area contributed by atoms with Crippen molar-refractivity contribution in [3.63, 3.8) is 0 Å². The fourth-order valence-corrected chi connectivity index (χ4v) is 5.24. The zero-order chi connectivity index (χ0) is 21.4. The van der Waals surface area contributed by atoms with E-state index < -0.39 is 0 Å². The summed E-state index contributed by atoms with van der Waals surface area (Å²) in [6.07, 6.45) is 2.25. The Bertz CT molecular complexity index is 1060. The highest BCUT2D eigenvalue weighted by Crippen LogP contribution is 2.59. The van der Waals surface area contributed by atoms with Gasteiger partial charge in [0.2, 0.25) is 0 Å². The summed E-state index contributed by atoms with van der Waals surface area (Å²) in [7, 11) is 0. The van der Waals surface area contributed by atoms with Crippen molar-refractivity contribution in [2.75, 3.05) is 30.4 Å². The van der Waals surface area contributed by atoms with Crippen molar-refractivity contribution in [1.29, 1.82) is 0 Å². The van der Waals surface area contributed by atoms with Crippen LogP contribution in [0, 0.1) is 6.92 Å². The first-order valence-corrected chi connectivity index (χ1v) is 11.7. The van der Waals surface area contributed by atoms with E-state index in [-0.39, 0.29) is 10.8 Å². The Morgan fingerprint density at radius 2 is 1.81 bits per heavy atom. The molecule has 6 heteroatoms. The van der Waals surface area contributed by atoms with Gasteiger partial charge < -0.3 is 15.4 Å². The number of thioether (sulfide) groups is 1. The number of hydrogen-bond donors (Lipinski definition) is 1. The Hall–Kier alpha value is -2.57. The van der Waals surface area contributed by atoms with Gasteiger partial charge in [0.25, 0.3) is 0 Å². The number of rotatable bonds is 5. The van der Waals surface area contributed by atoms with Gasteiger partial charge in [-0.1, -0.05) is 17.7 Å². The molecule has 3 aromatic rings. The van der Waals surface area contributed by atoms with Gasteiger partial charge in [-0.2, -0.15) is 0 Å². The van der Waals surface area contributed by atoms with Gasteiger partial charge in [0.15, 0.2) is 5.82 Å². The van der Waals surface area contributed by atoms with Crippen LogP contribution in [-0.2, 0) is 9.48 Å². The predicted molar refractivity (Wildman–Crippen MR) is 127 cm³/mol. The molecular formula is C25H28N4OS. The van der Waals surface area contributed by atoms with Gasteiger partial charge in [-0.25, -0.2) is 9.97 Å². The molecule has 2 heterocycles. The molecule has 2 aliphatic rings. The number of ether oxygens (including phenoxy) is 1. The molecule has 0 radical (unpaired) electrons. The average Bonchev–Trinajstić information content (AvgIpc) is 3.57. The Morgan fingerprint density at radius 3 is 2.48 bits per heavy atom. The predicted octanol–water partition coefficient (Wildman–Crippen LogP) is 5.04. The topological polar surface area (TPSA) is 64.3 Å². The summed E-state index contributed by atoms with van der Waals surface area (Å²) in [5.41, 5.74) is 10.1. The number of nitrogens with zero attached hydrogens (tertiary/aromatic N) is 3. The summed E-state index contributed by atoms with van der Waals surface area (Å²) >= 11 is 1.93. The van der Waals surface area contributed by atoms with E-state index in [1.54, 1.807) is 0 Å². The lowest BCUT2D eigenvalue weighted by atomic mass is 10.1. The average molecular weight is 433 g/mol. The van der Waals surface area contributed by atoms with E-state index >= 15 is 0 Å². The van der Waals surface area contributed by atoms with Gasteiger partial charge in [0.05, 0.1) is 29.7 Å². The lowest BCUT2D eigenvalue weighted by Crippen LogP contribution is -2.44. The smallest absolute Gasteiger partial charge is 0.161 e. The van der Waals surface area contributed by atoms with Crippen LogP contribution >= 0.6 is 11.8 Å². The van der Waals surface area contributed by atoms with Crippen LogP contribution in [0.15, 0.2) is 59.5 Å². The van der Waals surface area contributed by atoms with Crippen molar-refractivity contribution in [3.8, 4) is 11.4 Å². The maximum atomic E-state index is 5.91. The van der Waals surface area contributed by atoms with Crippen LogP contribution in [0.25, 0.3) is 11.4 Å². The van der Waals surface area contributed by atoms with Gasteiger partial charge in [-0.05, 0) is 63.1 Å². The number of aryl methyl sites for hydroxylation is 1. The van der Waals surface area contributed by atoms with Crippen LogP contribution in [0.4, 0.5) is 11.5 Å². The molecule has 0 amide bonds. The van der Waals surface area contributed by atoms with Gasteiger partial charge in [-0.3, -0.25) is 0 Å². The molecule has 160 valence electrons. The molecule has 1 saturated heterocycles. The van der Waals surface area contributed by atoms with E-state index in [9.17, 15) is 0 Å². The Labute approximate surface area is 188 Å². The lowest BCUT2D eigenvalue weighted by molar-refractivity contribution is 0.0985. The highest BCUT2D eigenvalue weighted by atomic mass is 32.2. The van der Waals surface area contributed by atoms with Crippen molar-refractivity contribution >= 4 is 23.3 Å².